The third-order valence-corrected chi connectivity index (χ3v) is 5.91. The number of carbonyl (C=O) groups is 1. The number of carboxylic acids is 1. The summed E-state index contributed by atoms with van der Waals surface area (Å²) in [5.41, 5.74) is 1.65. The lowest BCUT2D eigenvalue weighted by Gasteiger charge is -2.23. The van der Waals surface area contributed by atoms with Crippen LogP contribution in [0.5, 0.6) is 0 Å². The van der Waals surface area contributed by atoms with Crippen LogP contribution in [0.2, 0.25) is 0 Å². The van der Waals surface area contributed by atoms with E-state index in [-0.39, 0.29) is 23.5 Å². The number of sulfonamides is 1. The summed E-state index contributed by atoms with van der Waals surface area (Å²) in [7, 11) is -3.88. The summed E-state index contributed by atoms with van der Waals surface area (Å²) < 4.78 is 27.9. The molecule has 27 heavy (non-hydrogen) atoms. The summed E-state index contributed by atoms with van der Waals surface area (Å²) >= 11 is 0. The molecule has 0 heterocycles. The number of nitrogens with zero attached hydrogens (tertiary/aromatic N) is 1. The number of hydrogen-bond acceptors (Lipinski definition) is 3. The predicted octanol–water partition coefficient (Wildman–Crippen LogP) is 3.78. The van der Waals surface area contributed by atoms with Crippen molar-refractivity contribution in [2.75, 3.05) is 0 Å². The van der Waals surface area contributed by atoms with E-state index in [0.717, 1.165) is 11.1 Å². The molecule has 0 radical (unpaired) electrons. The smallest absolute Gasteiger partial charge is 0.335 e. The topological polar surface area (TPSA) is 74.7 Å². The highest BCUT2D eigenvalue weighted by Crippen LogP contribution is 2.22. The maximum Gasteiger partial charge on any atom is 0.335 e. The zero-order chi connectivity index (χ0) is 19.3. The lowest BCUT2D eigenvalue weighted by molar-refractivity contribution is 0.0696. The molecule has 0 atom stereocenters. The van der Waals surface area contributed by atoms with Crippen molar-refractivity contribution in [3.05, 3.63) is 102 Å². The van der Waals surface area contributed by atoms with E-state index in [2.05, 4.69) is 0 Å². The van der Waals surface area contributed by atoms with Crippen molar-refractivity contribution in [3.63, 3.8) is 0 Å². The molecule has 0 saturated heterocycles. The van der Waals surface area contributed by atoms with Crippen LogP contribution in [-0.4, -0.2) is 23.8 Å². The Morgan fingerprint density at radius 3 is 1.78 bits per heavy atom. The first-order valence-electron chi connectivity index (χ1n) is 8.38. The third-order valence-electron chi connectivity index (χ3n) is 4.12. The molecule has 0 aliphatic carbocycles. The fraction of sp³-hybridized carbons (Fsp3) is 0.0952. The fourth-order valence-electron chi connectivity index (χ4n) is 2.74. The fourth-order valence-corrected chi connectivity index (χ4v) is 4.20. The maximum absolute atomic E-state index is 13.2. The number of benzene rings is 3. The number of aromatic carboxylic acids is 1. The Hall–Kier alpha value is -2.96. The first-order valence-corrected chi connectivity index (χ1v) is 9.82. The van der Waals surface area contributed by atoms with E-state index < -0.39 is 16.0 Å². The van der Waals surface area contributed by atoms with E-state index in [1.165, 1.54) is 28.6 Å². The van der Waals surface area contributed by atoms with Crippen LogP contribution in [0, 0.1) is 0 Å². The van der Waals surface area contributed by atoms with E-state index >= 15 is 0 Å². The van der Waals surface area contributed by atoms with Crippen molar-refractivity contribution in [2.24, 2.45) is 0 Å². The van der Waals surface area contributed by atoms with E-state index in [1.807, 2.05) is 60.7 Å². The normalized spacial score (nSPS) is 11.4. The molecular formula is C21H19NO4S. The molecule has 3 rings (SSSR count). The van der Waals surface area contributed by atoms with E-state index in [1.54, 1.807) is 0 Å². The van der Waals surface area contributed by atoms with Crippen LogP contribution in [-0.2, 0) is 23.1 Å². The van der Waals surface area contributed by atoms with Crippen molar-refractivity contribution in [1.29, 1.82) is 0 Å². The third kappa shape index (κ3) is 4.61. The molecule has 0 saturated carbocycles. The molecule has 5 nitrogen and oxygen atoms in total. The second kappa shape index (κ2) is 8.16. The average molecular weight is 381 g/mol. The highest BCUT2D eigenvalue weighted by Gasteiger charge is 2.25. The molecule has 0 bridgehead atoms. The summed E-state index contributed by atoms with van der Waals surface area (Å²) in [6.45, 7) is 0.380. The molecule has 6 heteroatoms. The molecule has 3 aromatic carbocycles. The summed E-state index contributed by atoms with van der Waals surface area (Å²) in [6, 6.07) is 24.0. The molecule has 0 unspecified atom stereocenters. The number of hydrogen-bond donors (Lipinski definition) is 1. The lowest BCUT2D eigenvalue weighted by Crippen LogP contribution is -2.30. The van der Waals surface area contributed by atoms with Crippen molar-refractivity contribution in [2.45, 2.75) is 18.0 Å². The Bertz CT molecular complexity index is 977. The quantitative estimate of drug-likeness (QED) is 0.676. The Morgan fingerprint density at radius 1 is 0.778 bits per heavy atom. The molecule has 0 aliphatic rings. The molecule has 1 N–H and O–H groups in total. The predicted molar refractivity (Wildman–Crippen MR) is 103 cm³/mol. The van der Waals surface area contributed by atoms with E-state index in [0.29, 0.717) is 0 Å². The van der Waals surface area contributed by atoms with Crippen molar-refractivity contribution >= 4 is 16.0 Å². The van der Waals surface area contributed by atoms with E-state index in [9.17, 15) is 18.3 Å². The molecular weight excluding hydrogens is 362 g/mol. The Kier molecular flexibility index (Phi) is 5.69. The Labute approximate surface area is 158 Å². The monoisotopic (exact) mass is 381 g/mol. The zero-order valence-electron chi connectivity index (χ0n) is 14.5. The largest absolute Gasteiger partial charge is 0.478 e. The number of carboxylic acid groups (broad SMARTS) is 1. The minimum atomic E-state index is -3.88. The van der Waals surface area contributed by atoms with Gasteiger partial charge in [0.15, 0.2) is 0 Å². The van der Waals surface area contributed by atoms with Crippen LogP contribution in [0.4, 0.5) is 0 Å². The lowest BCUT2D eigenvalue weighted by atomic mass is 10.2. The molecule has 3 aromatic rings. The van der Waals surface area contributed by atoms with Gasteiger partial charge < -0.3 is 5.11 Å². The standard InChI is InChI=1S/C21H19NO4S/c23-21(24)19-12-7-13-20(14-19)27(25,26)22(15-17-8-3-1-4-9-17)16-18-10-5-2-6-11-18/h1-14H,15-16H2,(H,23,24). The minimum absolute atomic E-state index is 0.0331. The Morgan fingerprint density at radius 2 is 1.30 bits per heavy atom. The van der Waals surface area contributed by atoms with Gasteiger partial charge in [-0.25, -0.2) is 13.2 Å². The van der Waals surface area contributed by atoms with Gasteiger partial charge in [0.25, 0.3) is 0 Å². The number of rotatable bonds is 7. The van der Waals surface area contributed by atoms with Crippen molar-refractivity contribution < 1.29 is 18.3 Å². The summed E-state index contributed by atoms with van der Waals surface area (Å²) in [4.78, 5) is 11.2. The van der Waals surface area contributed by atoms with E-state index in [4.69, 9.17) is 0 Å². The van der Waals surface area contributed by atoms with Crippen molar-refractivity contribution in [1.82, 2.24) is 4.31 Å². The van der Waals surface area contributed by atoms with Crippen LogP contribution in [0.1, 0.15) is 21.5 Å². The molecule has 0 aromatic heterocycles. The molecule has 0 amide bonds. The summed E-state index contributed by atoms with van der Waals surface area (Å²) in [6.07, 6.45) is 0. The van der Waals surface area contributed by atoms with Gasteiger partial charge in [0.1, 0.15) is 0 Å². The van der Waals surface area contributed by atoms with Gasteiger partial charge in [0.2, 0.25) is 10.0 Å². The molecule has 138 valence electrons. The van der Waals surface area contributed by atoms with Crippen LogP contribution in [0.3, 0.4) is 0 Å². The highest BCUT2D eigenvalue weighted by molar-refractivity contribution is 7.89. The zero-order valence-corrected chi connectivity index (χ0v) is 15.3. The molecule has 0 aliphatic heterocycles. The first kappa shape index (κ1) is 18.8. The van der Waals surface area contributed by atoms with Crippen LogP contribution in [0.25, 0.3) is 0 Å². The van der Waals surface area contributed by atoms with Gasteiger partial charge in [-0.15, -0.1) is 0 Å². The first-order chi connectivity index (χ1) is 13.0. The summed E-state index contributed by atoms with van der Waals surface area (Å²) in [5.74, 6) is -1.16. The van der Waals surface area contributed by atoms with Gasteiger partial charge in [-0.1, -0.05) is 66.7 Å². The Balaban J connectivity index is 1.99. The van der Waals surface area contributed by atoms with Crippen LogP contribution < -0.4 is 0 Å². The SMILES string of the molecule is O=C(O)c1cccc(S(=O)(=O)N(Cc2ccccc2)Cc2ccccc2)c1. The second-order valence-electron chi connectivity index (χ2n) is 6.08. The van der Waals surface area contributed by atoms with Crippen LogP contribution in [0.15, 0.2) is 89.8 Å². The van der Waals surface area contributed by atoms with Gasteiger partial charge in [-0.2, -0.15) is 4.31 Å². The van der Waals surface area contributed by atoms with Gasteiger partial charge in [0, 0.05) is 13.1 Å². The highest BCUT2D eigenvalue weighted by atomic mass is 32.2. The summed E-state index contributed by atoms with van der Waals surface area (Å²) in [5, 5.41) is 9.18. The molecule has 0 fully saturated rings. The average Bonchev–Trinajstić information content (AvgIpc) is 2.69. The minimum Gasteiger partial charge on any atom is -0.478 e. The van der Waals surface area contributed by atoms with Gasteiger partial charge in [0.05, 0.1) is 10.5 Å². The second-order valence-corrected chi connectivity index (χ2v) is 8.02. The van der Waals surface area contributed by atoms with Gasteiger partial charge in [-0.05, 0) is 29.3 Å². The van der Waals surface area contributed by atoms with Gasteiger partial charge >= 0.3 is 5.97 Å². The van der Waals surface area contributed by atoms with Crippen LogP contribution >= 0.6 is 0 Å². The van der Waals surface area contributed by atoms with Crippen molar-refractivity contribution in [3.8, 4) is 0 Å². The molecule has 0 spiro atoms. The maximum atomic E-state index is 13.2. The van der Waals surface area contributed by atoms with Gasteiger partial charge in [-0.3, -0.25) is 0 Å².